The van der Waals surface area contributed by atoms with Crippen molar-refractivity contribution >= 4 is 34.8 Å². The zero-order valence-electron chi connectivity index (χ0n) is 10.5. The van der Waals surface area contributed by atoms with Gasteiger partial charge in [-0.1, -0.05) is 29.6 Å². The summed E-state index contributed by atoms with van der Waals surface area (Å²) in [6.07, 6.45) is 2.45. The average molecular weight is 305 g/mol. The van der Waals surface area contributed by atoms with Gasteiger partial charge in [0.1, 0.15) is 5.82 Å². The minimum atomic E-state index is -0.638. The Morgan fingerprint density at radius 3 is 2.53 bits per heavy atom. The van der Waals surface area contributed by atoms with Crippen LogP contribution in [0.5, 0.6) is 0 Å². The average Bonchev–Trinajstić information content (AvgIpc) is 2.65. The maximum Gasteiger partial charge on any atom is 0.231 e. The molecule has 6 heteroatoms. The molecular weight excluding hydrogens is 290 g/mol. The number of hydrogen-bond acceptors (Lipinski definition) is 2. The SMILES string of the molecule is CC1(C(=O)Nc2c(Cl)cc(F)cc2Cl)CCCC1N. The van der Waals surface area contributed by atoms with E-state index in [2.05, 4.69) is 5.32 Å². The lowest BCUT2D eigenvalue weighted by Gasteiger charge is -2.27. The van der Waals surface area contributed by atoms with Crippen LogP contribution in [0.1, 0.15) is 26.2 Å². The first-order valence-corrected chi connectivity index (χ1v) is 6.82. The van der Waals surface area contributed by atoms with E-state index in [1.54, 1.807) is 0 Å². The Balaban J connectivity index is 2.25. The normalized spacial score (nSPS) is 26.5. The zero-order valence-corrected chi connectivity index (χ0v) is 12.0. The predicted molar refractivity (Wildman–Crippen MR) is 75.0 cm³/mol. The molecule has 0 aromatic heterocycles. The number of nitrogens with one attached hydrogen (secondary N) is 1. The molecule has 1 aromatic carbocycles. The molecule has 3 N–H and O–H groups in total. The molecule has 1 fully saturated rings. The van der Waals surface area contributed by atoms with E-state index in [1.165, 1.54) is 0 Å². The highest BCUT2D eigenvalue weighted by Gasteiger charge is 2.43. The van der Waals surface area contributed by atoms with Crippen LogP contribution in [-0.4, -0.2) is 11.9 Å². The third-order valence-electron chi connectivity index (χ3n) is 3.79. The van der Waals surface area contributed by atoms with Crippen LogP contribution in [0.25, 0.3) is 0 Å². The molecule has 1 aromatic rings. The molecular formula is C13H15Cl2FN2O. The Labute approximate surface area is 121 Å². The molecule has 0 aliphatic heterocycles. The molecule has 0 saturated heterocycles. The maximum atomic E-state index is 13.1. The quantitative estimate of drug-likeness (QED) is 0.877. The third kappa shape index (κ3) is 2.71. The number of anilines is 1. The summed E-state index contributed by atoms with van der Waals surface area (Å²) in [5, 5.41) is 2.82. The number of carbonyl (C=O) groups excluding carboxylic acids is 1. The number of benzene rings is 1. The van der Waals surface area contributed by atoms with Gasteiger partial charge in [0.05, 0.1) is 21.1 Å². The number of carbonyl (C=O) groups is 1. The summed E-state index contributed by atoms with van der Waals surface area (Å²) < 4.78 is 13.1. The Morgan fingerprint density at radius 1 is 1.47 bits per heavy atom. The second-order valence-electron chi connectivity index (χ2n) is 5.11. The number of amides is 1. The molecule has 0 radical (unpaired) electrons. The first kappa shape index (κ1) is 14.6. The lowest BCUT2D eigenvalue weighted by molar-refractivity contribution is -0.125. The zero-order chi connectivity index (χ0) is 14.2. The van der Waals surface area contributed by atoms with Gasteiger partial charge in [0.15, 0.2) is 0 Å². The molecule has 0 spiro atoms. The van der Waals surface area contributed by atoms with Gasteiger partial charge in [0.25, 0.3) is 0 Å². The summed E-state index contributed by atoms with van der Waals surface area (Å²) in [5.74, 6) is -0.773. The predicted octanol–water partition coefficient (Wildman–Crippen LogP) is 3.59. The Morgan fingerprint density at radius 2 is 2.05 bits per heavy atom. The van der Waals surface area contributed by atoms with E-state index < -0.39 is 11.2 Å². The van der Waals surface area contributed by atoms with Gasteiger partial charge in [-0.3, -0.25) is 4.79 Å². The van der Waals surface area contributed by atoms with Crippen LogP contribution < -0.4 is 11.1 Å². The van der Waals surface area contributed by atoms with Crippen molar-refractivity contribution in [3.63, 3.8) is 0 Å². The lowest BCUT2D eigenvalue weighted by atomic mass is 9.84. The van der Waals surface area contributed by atoms with E-state index in [1.807, 2.05) is 6.92 Å². The van der Waals surface area contributed by atoms with Gasteiger partial charge in [0.2, 0.25) is 5.91 Å². The second kappa shape index (κ2) is 5.27. The fourth-order valence-corrected chi connectivity index (χ4v) is 2.95. The number of nitrogens with two attached hydrogens (primary N) is 1. The van der Waals surface area contributed by atoms with Gasteiger partial charge < -0.3 is 11.1 Å². The van der Waals surface area contributed by atoms with Crippen LogP contribution in [0.3, 0.4) is 0 Å². The largest absolute Gasteiger partial charge is 0.327 e. The molecule has 1 aliphatic rings. The molecule has 1 aliphatic carbocycles. The van der Waals surface area contributed by atoms with Gasteiger partial charge in [-0.25, -0.2) is 4.39 Å². The summed E-state index contributed by atoms with van der Waals surface area (Å²) in [6, 6.07) is 2.03. The van der Waals surface area contributed by atoms with Crippen molar-refractivity contribution in [1.29, 1.82) is 0 Å². The topological polar surface area (TPSA) is 55.1 Å². The molecule has 2 unspecified atom stereocenters. The highest BCUT2D eigenvalue weighted by atomic mass is 35.5. The summed E-state index contributed by atoms with van der Waals surface area (Å²) in [7, 11) is 0. The monoisotopic (exact) mass is 304 g/mol. The molecule has 0 bridgehead atoms. The minimum absolute atomic E-state index is 0.0773. The smallest absolute Gasteiger partial charge is 0.231 e. The van der Waals surface area contributed by atoms with E-state index in [0.29, 0.717) is 0 Å². The van der Waals surface area contributed by atoms with Crippen LogP contribution in [0.2, 0.25) is 10.0 Å². The van der Waals surface area contributed by atoms with E-state index in [0.717, 1.165) is 31.4 Å². The molecule has 2 atom stereocenters. The van der Waals surface area contributed by atoms with Crippen molar-refractivity contribution in [1.82, 2.24) is 0 Å². The van der Waals surface area contributed by atoms with Gasteiger partial charge in [0, 0.05) is 6.04 Å². The number of hydrogen-bond donors (Lipinski definition) is 2. The van der Waals surface area contributed by atoms with Crippen molar-refractivity contribution in [2.75, 3.05) is 5.32 Å². The molecule has 19 heavy (non-hydrogen) atoms. The van der Waals surface area contributed by atoms with E-state index in [9.17, 15) is 9.18 Å². The number of halogens is 3. The first-order valence-electron chi connectivity index (χ1n) is 6.06. The first-order chi connectivity index (χ1) is 8.84. The van der Waals surface area contributed by atoms with Gasteiger partial charge in [-0.05, 0) is 31.9 Å². The minimum Gasteiger partial charge on any atom is -0.327 e. The molecule has 2 rings (SSSR count). The summed E-state index contributed by atoms with van der Waals surface area (Å²) in [5.41, 5.74) is 5.57. The molecule has 1 amide bonds. The fraction of sp³-hybridized carbons (Fsp3) is 0.462. The van der Waals surface area contributed by atoms with Crippen LogP contribution >= 0.6 is 23.2 Å². The van der Waals surface area contributed by atoms with Crippen molar-refractivity contribution in [3.05, 3.63) is 28.0 Å². The molecule has 1 saturated carbocycles. The second-order valence-corrected chi connectivity index (χ2v) is 5.93. The van der Waals surface area contributed by atoms with Crippen LogP contribution in [0.15, 0.2) is 12.1 Å². The highest BCUT2D eigenvalue weighted by Crippen LogP contribution is 2.39. The van der Waals surface area contributed by atoms with Gasteiger partial charge in [-0.2, -0.15) is 0 Å². The van der Waals surface area contributed by atoms with Crippen molar-refractivity contribution in [2.45, 2.75) is 32.2 Å². The molecule has 3 nitrogen and oxygen atoms in total. The molecule has 104 valence electrons. The van der Waals surface area contributed by atoms with Crippen LogP contribution in [0.4, 0.5) is 10.1 Å². The van der Waals surface area contributed by atoms with E-state index in [4.69, 9.17) is 28.9 Å². The van der Waals surface area contributed by atoms with Gasteiger partial charge >= 0.3 is 0 Å². The Bertz CT molecular complexity index is 500. The van der Waals surface area contributed by atoms with Crippen LogP contribution in [-0.2, 0) is 4.79 Å². The maximum absolute atomic E-state index is 13.1. The number of rotatable bonds is 2. The van der Waals surface area contributed by atoms with Crippen molar-refractivity contribution in [2.24, 2.45) is 11.1 Å². The molecule has 0 heterocycles. The fourth-order valence-electron chi connectivity index (χ4n) is 2.39. The van der Waals surface area contributed by atoms with E-state index >= 15 is 0 Å². The third-order valence-corrected chi connectivity index (χ3v) is 4.39. The summed E-state index contributed by atoms with van der Waals surface area (Å²) in [4.78, 5) is 12.3. The van der Waals surface area contributed by atoms with Gasteiger partial charge in [-0.15, -0.1) is 0 Å². The van der Waals surface area contributed by atoms with Crippen molar-refractivity contribution < 1.29 is 9.18 Å². The Hall–Kier alpha value is -0.840. The standard InChI is InChI=1S/C13H15Cl2FN2O/c1-13(4-2-3-10(13)17)12(19)18-11-8(14)5-7(16)6-9(11)15/h5-6,10H,2-4,17H2,1H3,(H,18,19). The lowest BCUT2D eigenvalue weighted by Crippen LogP contribution is -2.44. The van der Waals surface area contributed by atoms with Crippen LogP contribution in [0, 0.1) is 11.2 Å². The van der Waals surface area contributed by atoms with E-state index in [-0.39, 0.29) is 27.7 Å². The van der Waals surface area contributed by atoms with Crippen molar-refractivity contribution in [3.8, 4) is 0 Å². The highest BCUT2D eigenvalue weighted by molar-refractivity contribution is 6.39. The summed E-state index contributed by atoms with van der Waals surface area (Å²) >= 11 is 11.8. The Kier molecular flexibility index (Phi) is 4.04. The summed E-state index contributed by atoms with van der Waals surface area (Å²) in [6.45, 7) is 1.82.